The maximum Gasteiger partial charge on any atom is 0.223 e. The number of carbonyl (C=O) groups is 2. The summed E-state index contributed by atoms with van der Waals surface area (Å²) in [5.41, 5.74) is 0. The number of allylic oxidation sites excluding steroid dienone is 2. The van der Waals surface area contributed by atoms with E-state index in [9.17, 15) is 9.59 Å². The van der Waals surface area contributed by atoms with Gasteiger partial charge in [0.2, 0.25) is 5.91 Å². The highest BCUT2D eigenvalue weighted by Gasteiger charge is 2.33. The summed E-state index contributed by atoms with van der Waals surface area (Å²) < 4.78 is 0. The van der Waals surface area contributed by atoms with Crippen LogP contribution in [0.4, 0.5) is 0 Å². The normalized spacial score (nSPS) is 26.2. The minimum absolute atomic E-state index is 0.137. The molecule has 1 saturated carbocycles. The third kappa shape index (κ3) is 6.07. The van der Waals surface area contributed by atoms with Crippen LogP contribution in [0.15, 0.2) is 12.2 Å². The molecule has 0 aromatic heterocycles. The van der Waals surface area contributed by atoms with Crippen molar-refractivity contribution in [2.24, 2.45) is 11.8 Å². The van der Waals surface area contributed by atoms with Gasteiger partial charge >= 0.3 is 0 Å². The first-order chi connectivity index (χ1) is 11.6. The number of ketones is 1. The Morgan fingerprint density at radius 1 is 1.17 bits per heavy atom. The number of hydrogen-bond acceptors (Lipinski definition) is 2. The molecule has 0 bridgehead atoms. The van der Waals surface area contributed by atoms with Gasteiger partial charge in [-0.1, -0.05) is 44.8 Å². The predicted molar refractivity (Wildman–Crippen MR) is 98.8 cm³/mol. The van der Waals surface area contributed by atoms with Gasteiger partial charge in [0, 0.05) is 13.0 Å². The summed E-state index contributed by atoms with van der Waals surface area (Å²) in [4.78, 5) is 25.6. The number of carbonyl (C=O) groups excluding carboxylic acids is 2. The first kappa shape index (κ1) is 19.2. The van der Waals surface area contributed by atoms with Crippen molar-refractivity contribution in [2.45, 2.75) is 90.5 Å². The van der Waals surface area contributed by atoms with E-state index in [1.807, 2.05) is 4.90 Å². The van der Waals surface area contributed by atoms with Crippen LogP contribution < -0.4 is 0 Å². The first-order valence-electron chi connectivity index (χ1n) is 10.1. The predicted octanol–water partition coefficient (Wildman–Crippen LogP) is 4.90. The fourth-order valence-electron chi connectivity index (χ4n) is 4.00. The molecular formula is C21H35NO2. The van der Waals surface area contributed by atoms with Gasteiger partial charge in [-0.15, -0.1) is 0 Å². The zero-order valence-electron chi connectivity index (χ0n) is 15.6. The highest BCUT2D eigenvalue weighted by Crippen LogP contribution is 2.43. The molecule has 1 aliphatic heterocycles. The van der Waals surface area contributed by atoms with Crippen LogP contribution in [0.2, 0.25) is 0 Å². The fraction of sp³-hybridized carbons (Fsp3) is 0.810. The van der Waals surface area contributed by atoms with Crippen LogP contribution in [0.25, 0.3) is 0 Å². The second-order valence-electron chi connectivity index (χ2n) is 7.69. The highest BCUT2D eigenvalue weighted by atomic mass is 16.2. The van der Waals surface area contributed by atoms with Gasteiger partial charge < -0.3 is 4.90 Å². The number of nitrogens with zero attached hydrogens (tertiary/aromatic N) is 1. The lowest BCUT2D eigenvalue weighted by atomic mass is 10.1. The summed E-state index contributed by atoms with van der Waals surface area (Å²) in [6.07, 6.45) is 17.1. The van der Waals surface area contributed by atoms with E-state index >= 15 is 0 Å². The van der Waals surface area contributed by atoms with Crippen molar-refractivity contribution < 1.29 is 9.59 Å². The molecule has 24 heavy (non-hydrogen) atoms. The molecule has 0 aromatic carbocycles. The van der Waals surface area contributed by atoms with Gasteiger partial charge in [0.05, 0.1) is 6.04 Å². The van der Waals surface area contributed by atoms with E-state index in [2.05, 4.69) is 19.1 Å². The Balaban J connectivity index is 1.47. The van der Waals surface area contributed by atoms with Crippen molar-refractivity contribution in [1.82, 2.24) is 4.90 Å². The second kappa shape index (κ2) is 10.0. The standard InChI is InChI=1S/C21H35NO2/c1-3-11-18-16-19(18)12-8-6-4-5-7-9-14-21(24)22-15-10-13-20(22)17(2)23/h8,12,18-20H,3-7,9-11,13-16H2,1-2H3/b12-8-/t18?,19-,20?/m1/s1. The Morgan fingerprint density at radius 2 is 1.96 bits per heavy atom. The molecule has 136 valence electrons. The lowest BCUT2D eigenvalue weighted by Gasteiger charge is -2.22. The lowest BCUT2D eigenvalue weighted by molar-refractivity contribution is -0.137. The highest BCUT2D eigenvalue weighted by molar-refractivity contribution is 5.88. The number of unbranched alkanes of at least 4 members (excludes halogenated alkanes) is 4. The number of Topliss-reactive ketones (excluding diaryl/α,β-unsaturated/α-hetero) is 1. The fourth-order valence-corrected chi connectivity index (χ4v) is 4.00. The summed E-state index contributed by atoms with van der Waals surface area (Å²) >= 11 is 0. The van der Waals surface area contributed by atoms with E-state index in [0.29, 0.717) is 6.42 Å². The van der Waals surface area contributed by atoms with E-state index in [1.54, 1.807) is 6.92 Å². The van der Waals surface area contributed by atoms with E-state index in [-0.39, 0.29) is 17.7 Å². The molecule has 0 radical (unpaired) electrons. The van der Waals surface area contributed by atoms with Gasteiger partial charge in [0.25, 0.3) is 0 Å². The third-order valence-corrected chi connectivity index (χ3v) is 5.57. The van der Waals surface area contributed by atoms with Crippen LogP contribution in [0.3, 0.4) is 0 Å². The summed E-state index contributed by atoms with van der Waals surface area (Å²) in [6, 6.07) is -0.137. The first-order valence-corrected chi connectivity index (χ1v) is 10.1. The summed E-state index contributed by atoms with van der Waals surface area (Å²) in [5.74, 6) is 2.17. The lowest BCUT2D eigenvalue weighted by Crippen LogP contribution is -2.39. The third-order valence-electron chi connectivity index (χ3n) is 5.57. The van der Waals surface area contributed by atoms with Gasteiger partial charge in [0.15, 0.2) is 5.78 Å². The largest absolute Gasteiger partial charge is 0.333 e. The molecule has 1 heterocycles. The van der Waals surface area contributed by atoms with E-state index < -0.39 is 0 Å². The monoisotopic (exact) mass is 333 g/mol. The van der Waals surface area contributed by atoms with Crippen LogP contribution in [-0.2, 0) is 9.59 Å². The Hall–Kier alpha value is -1.12. The zero-order valence-corrected chi connectivity index (χ0v) is 15.6. The minimum Gasteiger partial charge on any atom is -0.333 e. The van der Waals surface area contributed by atoms with Crippen LogP contribution in [0.5, 0.6) is 0 Å². The summed E-state index contributed by atoms with van der Waals surface area (Å²) in [5, 5.41) is 0. The molecule has 2 aliphatic rings. The maximum absolute atomic E-state index is 12.2. The van der Waals surface area contributed by atoms with Crippen molar-refractivity contribution in [3.63, 3.8) is 0 Å². The number of likely N-dealkylation sites (tertiary alicyclic amines) is 1. The van der Waals surface area contributed by atoms with Gasteiger partial charge in [-0.3, -0.25) is 9.59 Å². The summed E-state index contributed by atoms with van der Waals surface area (Å²) in [7, 11) is 0. The van der Waals surface area contributed by atoms with Crippen molar-refractivity contribution >= 4 is 11.7 Å². The molecular weight excluding hydrogens is 298 g/mol. The van der Waals surface area contributed by atoms with Crippen molar-refractivity contribution in [3.05, 3.63) is 12.2 Å². The van der Waals surface area contributed by atoms with E-state index in [1.165, 1.54) is 38.5 Å². The van der Waals surface area contributed by atoms with Gasteiger partial charge in [-0.2, -0.15) is 0 Å². The van der Waals surface area contributed by atoms with Crippen molar-refractivity contribution in [2.75, 3.05) is 6.54 Å². The Kier molecular flexibility index (Phi) is 8.01. The Morgan fingerprint density at radius 3 is 2.71 bits per heavy atom. The molecule has 1 aliphatic carbocycles. The Labute approximate surface area is 147 Å². The van der Waals surface area contributed by atoms with Gasteiger partial charge in [0.1, 0.15) is 0 Å². The maximum atomic E-state index is 12.2. The minimum atomic E-state index is -0.137. The number of rotatable bonds is 11. The SMILES string of the molecule is CCCC1C[C@H]1/C=C\CCCCCCC(=O)N1CCCC1C(C)=O. The Bertz CT molecular complexity index is 443. The molecule has 0 N–H and O–H groups in total. The van der Waals surface area contributed by atoms with E-state index in [0.717, 1.165) is 44.1 Å². The average molecular weight is 334 g/mol. The van der Waals surface area contributed by atoms with Crippen molar-refractivity contribution in [1.29, 1.82) is 0 Å². The quantitative estimate of drug-likeness (QED) is 0.398. The molecule has 0 aromatic rings. The molecule has 3 heteroatoms. The van der Waals surface area contributed by atoms with Crippen LogP contribution in [0, 0.1) is 11.8 Å². The molecule has 1 amide bonds. The zero-order chi connectivity index (χ0) is 17.4. The van der Waals surface area contributed by atoms with Gasteiger partial charge in [-0.05, 0) is 57.3 Å². The number of amides is 1. The smallest absolute Gasteiger partial charge is 0.223 e. The molecule has 2 rings (SSSR count). The number of hydrogen-bond donors (Lipinski definition) is 0. The van der Waals surface area contributed by atoms with E-state index in [4.69, 9.17) is 0 Å². The molecule has 0 spiro atoms. The second-order valence-corrected chi connectivity index (χ2v) is 7.69. The van der Waals surface area contributed by atoms with Crippen molar-refractivity contribution in [3.8, 4) is 0 Å². The van der Waals surface area contributed by atoms with Gasteiger partial charge in [-0.25, -0.2) is 0 Å². The molecule has 3 atom stereocenters. The topological polar surface area (TPSA) is 37.4 Å². The molecule has 1 saturated heterocycles. The molecule has 2 fully saturated rings. The molecule has 2 unspecified atom stereocenters. The van der Waals surface area contributed by atoms with Crippen LogP contribution in [0.1, 0.15) is 84.5 Å². The van der Waals surface area contributed by atoms with Crippen LogP contribution in [-0.4, -0.2) is 29.2 Å². The summed E-state index contributed by atoms with van der Waals surface area (Å²) in [6.45, 7) is 4.65. The molecule has 3 nitrogen and oxygen atoms in total. The van der Waals surface area contributed by atoms with Crippen LogP contribution >= 0.6 is 0 Å². The average Bonchev–Trinajstić information content (AvgIpc) is 3.10.